The number of nitrogens with zero attached hydrogens (tertiary/aromatic N) is 3. The quantitative estimate of drug-likeness (QED) is 0.891. The molecule has 0 radical (unpaired) electrons. The zero-order valence-electron chi connectivity index (χ0n) is 13.5. The minimum Gasteiger partial charge on any atom is -0.351 e. The van der Waals surface area contributed by atoms with Crippen LogP contribution in [0.25, 0.3) is 0 Å². The number of imidazole rings is 1. The second-order valence-electron chi connectivity index (χ2n) is 6.60. The molecule has 0 aliphatic rings. The van der Waals surface area contributed by atoms with Crippen molar-refractivity contribution in [1.29, 1.82) is 0 Å². The molecular formula is C17H24N4O. The summed E-state index contributed by atoms with van der Waals surface area (Å²) in [4.78, 5) is 20.3. The molecule has 0 saturated carbocycles. The first-order valence-corrected chi connectivity index (χ1v) is 7.59. The third kappa shape index (κ3) is 4.98. The Morgan fingerprint density at radius 2 is 1.95 bits per heavy atom. The predicted molar refractivity (Wildman–Crippen MR) is 86.2 cm³/mol. The summed E-state index contributed by atoms with van der Waals surface area (Å²) in [6, 6.07) is 3.95. The maximum Gasteiger partial charge on any atom is 0.220 e. The van der Waals surface area contributed by atoms with Gasteiger partial charge < -0.3 is 9.88 Å². The predicted octanol–water partition coefficient (Wildman–Crippen LogP) is 2.44. The van der Waals surface area contributed by atoms with E-state index in [1.807, 2.05) is 22.9 Å². The maximum absolute atomic E-state index is 12.3. The smallest absolute Gasteiger partial charge is 0.220 e. The van der Waals surface area contributed by atoms with E-state index in [1.165, 1.54) is 0 Å². The van der Waals surface area contributed by atoms with Crippen LogP contribution in [0.5, 0.6) is 0 Å². The summed E-state index contributed by atoms with van der Waals surface area (Å²) in [6.45, 7) is 7.14. The lowest BCUT2D eigenvalue weighted by molar-refractivity contribution is -0.122. The Kier molecular flexibility index (Phi) is 5.31. The molecule has 0 spiro atoms. The summed E-state index contributed by atoms with van der Waals surface area (Å²) >= 11 is 0. The molecule has 22 heavy (non-hydrogen) atoms. The molecule has 2 heterocycles. The van der Waals surface area contributed by atoms with Gasteiger partial charge >= 0.3 is 0 Å². The van der Waals surface area contributed by atoms with Crippen LogP contribution in [0, 0.1) is 5.41 Å². The SMILES string of the molecule is CC(C)(C)[C@H](Cn1ccnc1)NC(=O)CCc1ccncc1. The third-order valence-corrected chi connectivity index (χ3v) is 3.72. The topological polar surface area (TPSA) is 59.8 Å². The van der Waals surface area contributed by atoms with Gasteiger partial charge in [-0.3, -0.25) is 9.78 Å². The van der Waals surface area contributed by atoms with Crippen LogP contribution in [0.3, 0.4) is 0 Å². The van der Waals surface area contributed by atoms with Crippen LogP contribution in [-0.4, -0.2) is 26.5 Å². The molecule has 1 amide bonds. The Hall–Kier alpha value is -2.17. The molecule has 2 aromatic heterocycles. The first-order chi connectivity index (χ1) is 10.4. The summed E-state index contributed by atoms with van der Waals surface area (Å²) in [5.41, 5.74) is 1.11. The highest BCUT2D eigenvalue weighted by Gasteiger charge is 2.26. The molecule has 5 heteroatoms. The fourth-order valence-corrected chi connectivity index (χ4v) is 2.22. The molecule has 0 bridgehead atoms. The third-order valence-electron chi connectivity index (χ3n) is 3.72. The molecular weight excluding hydrogens is 276 g/mol. The van der Waals surface area contributed by atoms with Crippen LogP contribution in [0.2, 0.25) is 0 Å². The fourth-order valence-electron chi connectivity index (χ4n) is 2.22. The average Bonchev–Trinajstić information content (AvgIpc) is 2.98. The van der Waals surface area contributed by atoms with Crippen LogP contribution >= 0.6 is 0 Å². The van der Waals surface area contributed by atoms with Crippen molar-refractivity contribution in [2.45, 2.75) is 46.2 Å². The van der Waals surface area contributed by atoms with Crippen molar-refractivity contribution in [3.63, 3.8) is 0 Å². The lowest BCUT2D eigenvalue weighted by Crippen LogP contribution is -2.46. The number of aryl methyl sites for hydroxylation is 1. The zero-order chi connectivity index (χ0) is 16.0. The molecule has 0 saturated heterocycles. The lowest BCUT2D eigenvalue weighted by Gasteiger charge is -2.31. The summed E-state index contributed by atoms with van der Waals surface area (Å²) in [5, 5.41) is 3.16. The summed E-state index contributed by atoms with van der Waals surface area (Å²) in [5.74, 6) is 0.0804. The highest BCUT2D eigenvalue weighted by molar-refractivity contribution is 5.76. The summed E-state index contributed by atoms with van der Waals surface area (Å²) in [6.07, 6.45) is 10.2. The van der Waals surface area contributed by atoms with Gasteiger partial charge in [-0.25, -0.2) is 4.98 Å². The van der Waals surface area contributed by atoms with Gasteiger partial charge in [-0.15, -0.1) is 0 Å². The molecule has 0 aliphatic heterocycles. The van der Waals surface area contributed by atoms with E-state index >= 15 is 0 Å². The molecule has 2 rings (SSSR count). The summed E-state index contributed by atoms with van der Waals surface area (Å²) in [7, 11) is 0. The molecule has 2 aromatic rings. The van der Waals surface area contributed by atoms with E-state index in [-0.39, 0.29) is 17.4 Å². The number of aromatic nitrogens is 3. The van der Waals surface area contributed by atoms with Crippen LogP contribution < -0.4 is 5.32 Å². The highest BCUT2D eigenvalue weighted by atomic mass is 16.1. The Balaban J connectivity index is 1.90. The Morgan fingerprint density at radius 1 is 1.23 bits per heavy atom. The van der Waals surface area contributed by atoms with Gasteiger partial charge in [-0.05, 0) is 29.5 Å². The standard InChI is InChI=1S/C17H24N4O/c1-17(2,3)15(12-21-11-10-19-13-21)20-16(22)5-4-14-6-8-18-9-7-14/h6-11,13,15H,4-5,12H2,1-3H3,(H,20,22)/t15-/m0/s1. The fraction of sp³-hybridized carbons (Fsp3) is 0.471. The summed E-state index contributed by atoms with van der Waals surface area (Å²) < 4.78 is 2.00. The van der Waals surface area contributed by atoms with Crippen LogP contribution in [0.1, 0.15) is 32.8 Å². The van der Waals surface area contributed by atoms with Crippen molar-refractivity contribution in [1.82, 2.24) is 19.9 Å². The Morgan fingerprint density at radius 3 is 2.55 bits per heavy atom. The number of amides is 1. The molecule has 1 atom stereocenters. The molecule has 118 valence electrons. The van der Waals surface area contributed by atoms with Crippen molar-refractivity contribution < 1.29 is 4.79 Å². The van der Waals surface area contributed by atoms with E-state index in [0.29, 0.717) is 6.42 Å². The van der Waals surface area contributed by atoms with Crippen molar-refractivity contribution in [2.24, 2.45) is 5.41 Å². The van der Waals surface area contributed by atoms with E-state index in [4.69, 9.17) is 0 Å². The molecule has 5 nitrogen and oxygen atoms in total. The van der Waals surface area contributed by atoms with E-state index in [0.717, 1.165) is 18.5 Å². The first-order valence-electron chi connectivity index (χ1n) is 7.59. The molecule has 0 fully saturated rings. The zero-order valence-corrected chi connectivity index (χ0v) is 13.5. The number of pyridine rings is 1. The van der Waals surface area contributed by atoms with Gasteiger partial charge in [0, 0.05) is 37.8 Å². The molecule has 1 N–H and O–H groups in total. The second-order valence-corrected chi connectivity index (χ2v) is 6.60. The second kappa shape index (κ2) is 7.20. The van der Waals surface area contributed by atoms with E-state index < -0.39 is 0 Å². The first kappa shape index (κ1) is 16.2. The molecule has 0 aliphatic carbocycles. The minimum atomic E-state index is -0.0173. The minimum absolute atomic E-state index is 0.0173. The number of carbonyl (C=O) groups is 1. The van der Waals surface area contributed by atoms with E-state index in [9.17, 15) is 4.79 Å². The van der Waals surface area contributed by atoms with Gasteiger partial charge in [0.25, 0.3) is 0 Å². The lowest BCUT2D eigenvalue weighted by atomic mass is 9.86. The Labute approximate surface area is 131 Å². The van der Waals surface area contributed by atoms with E-state index in [2.05, 4.69) is 36.1 Å². The van der Waals surface area contributed by atoms with Gasteiger partial charge in [-0.2, -0.15) is 0 Å². The number of hydrogen-bond donors (Lipinski definition) is 1. The van der Waals surface area contributed by atoms with Crippen LogP contribution in [0.4, 0.5) is 0 Å². The number of nitrogens with one attached hydrogen (secondary N) is 1. The van der Waals surface area contributed by atoms with Gasteiger partial charge in [0.2, 0.25) is 5.91 Å². The molecule has 0 aromatic carbocycles. The average molecular weight is 300 g/mol. The maximum atomic E-state index is 12.3. The Bertz CT molecular complexity index is 572. The van der Waals surface area contributed by atoms with Gasteiger partial charge in [0.1, 0.15) is 0 Å². The van der Waals surface area contributed by atoms with Crippen molar-refractivity contribution in [3.05, 3.63) is 48.8 Å². The normalized spacial score (nSPS) is 12.9. The van der Waals surface area contributed by atoms with Crippen molar-refractivity contribution in [3.8, 4) is 0 Å². The van der Waals surface area contributed by atoms with Crippen molar-refractivity contribution in [2.75, 3.05) is 0 Å². The number of rotatable bonds is 6. The van der Waals surface area contributed by atoms with Gasteiger partial charge in [-0.1, -0.05) is 20.8 Å². The largest absolute Gasteiger partial charge is 0.351 e. The van der Waals surface area contributed by atoms with Gasteiger partial charge in [0.05, 0.1) is 12.4 Å². The number of carbonyl (C=O) groups excluding carboxylic acids is 1. The van der Waals surface area contributed by atoms with Crippen molar-refractivity contribution >= 4 is 5.91 Å². The van der Waals surface area contributed by atoms with Crippen LogP contribution in [0.15, 0.2) is 43.2 Å². The molecule has 0 unspecified atom stereocenters. The highest BCUT2D eigenvalue weighted by Crippen LogP contribution is 2.21. The van der Waals surface area contributed by atoms with Gasteiger partial charge in [0.15, 0.2) is 0 Å². The van der Waals surface area contributed by atoms with E-state index in [1.54, 1.807) is 24.9 Å². The monoisotopic (exact) mass is 300 g/mol. The van der Waals surface area contributed by atoms with Crippen LogP contribution in [-0.2, 0) is 17.8 Å². The number of hydrogen-bond acceptors (Lipinski definition) is 3.